The lowest BCUT2D eigenvalue weighted by Crippen LogP contribution is -2.25. The molecule has 0 saturated heterocycles. The van der Waals surface area contributed by atoms with Gasteiger partial charge in [0.2, 0.25) is 5.82 Å². The number of hydrogen-bond donors (Lipinski definition) is 0. The Balaban J connectivity index is 2.51. The molecule has 126 valence electrons. The van der Waals surface area contributed by atoms with Crippen LogP contribution in [0, 0.1) is 0 Å². The highest BCUT2D eigenvalue weighted by atomic mass is 35.5. The molecule has 3 nitrogen and oxygen atoms in total. The standard InChI is InChI=1S/C11H4Cl2F7N3/c12-5-1-4(11(18,19)20)2-6(13)7(5)23-3-21-9(22-23)10(16,17)8(14)15/h1-3,8H. The van der Waals surface area contributed by atoms with Gasteiger partial charge in [0, 0.05) is 0 Å². The maximum atomic E-state index is 13.1. The summed E-state index contributed by atoms with van der Waals surface area (Å²) in [5, 5.41) is 1.98. The first-order valence-corrected chi connectivity index (χ1v) is 6.35. The van der Waals surface area contributed by atoms with Gasteiger partial charge in [0.05, 0.1) is 15.6 Å². The second kappa shape index (κ2) is 5.82. The van der Waals surface area contributed by atoms with E-state index < -0.39 is 45.6 Å². The van der Waals surface area contributed by atoms with Crippen molar-refractivity contribution in [2.75, 3.05) is 0 Å². The SMILES string of the molecule is FC(F)C(F)(F)c1ncn(-c2c(Cl)cc(C(F)(F)F)cc2Cl)n1. The molecule has 1 aromatic heterocycles. The summed E-state index contributed by atoms with van der Waals surface area (Å²) in [5.41, 5.74) is -1.57. The summed E-state index contributed by atoms with van der Waals surface area (Å²) in [6.07, 6.45) is -8.20. The average Bonchev–Trinajstić information content (AvgIpc) is 2.86. The van der Waals surface area contributed by atoms with E-state index in [-0.39, 0.29) is 0 Å². The molecule has 0 fully saturated rings. The molecule has 0 amide bonds. The number of hydrogen-bond acceptors (Lipinski definition) is 2. The zero-order valence-electron chi connectivity index (χ0n) is 10.6. The highest BCUT2D eigenvalue weighted by Crippen LogP contribution is 2.38. The van der Waals surface area contributed by atoms with Gasteiger partial charge in [-0.3, -0.25) is 0 Å². The fourth-order valence-electron chi connectivity index (χ4n) is 1.57. The number of alkyl halides is 7. The van der Waals surface area contributed by atoms with Crippen LogP contribution in [0.25, 0.3) is 5.69 Å². The van der Waals surface area contributed by atoms with Gasteiger partial charge in [0.25, 0.3) is 0 Å². The molecular weight excluding hydrogens is 378 g/mol. The third-order valence-corrected chi connectivity index (χ3v) is 3.21. The third-order valence-electron chi connectivity index (χ3n) is 2.64. The van der Waals surface area contributed by atoms with Crippen LogP contribution >= 0.6 is 23.2 Å². The molecule has 0 aliphatic carbocycles. The molecule has 0 atom stereocenters. The van der Waals surface area contributed by atoms with E-state index in [0.717, 1.165) is 0 Å². The van der Waals surface area contributed by atoms with Crippen molar-refractivity contribution < 1.29 is 30.7 Å². The Morgan fingerprint density at radius 2 is 1.52 bits per heavy atom. The van der Waals surface area contributed by atoms with Gasteiger partial charge >= 0.3 is 18.5 Å². The molecule has 0 aliphatic heterocycles. The molecule has 1 aromatic carbocycles. The predicted octanol–water partition coefficient (Wildman–Crippen LogP) is 4.95. The Morgan fingerprint density at radius 3 is 1.96 bits per heavy atom. The summed E-state index contributed by atoms with van der Waals surface area (Å²) in [6.45, 7) is 0. The highest BCUT2D eigenvalue weighted by molar-refractivity contribution is 6.37. The molecule has 0 radical (unpaired) electrons. The first-order chi connectivity index (χ1) is 10.4. The molecule has 1 heterocycles. The summed E-state index contributed by atoms with van der Waals surface area (Å²) in [5.74, 6) is -6.14. The van der Waals surface area contributed by atoms with Crippen molar-refractivity contribution in [2.24, 2.45) is 0 Å². The van der Waals surface area contributed by atoms with Gasteiger partial charge in [-0.1, -0.05) is 23.2 Å². The smallest absolute Gasteiger partial charge is 0.218 e. The van der Waals surface area contributed by atoms with E-state index in [1.165, 1.54) is 0 Å². The van der Waals surface area contributed by atoms with E-state index in [0.29, 0.717) is 23.1 Å². The number of rotatable bonds is 3. The zero-order valence-corrected chi connectivity index (χ0v) is 12.1. The molecule has 2 rings (SSSR count). The van der Waals surface area contributed by atoms with Crippen LogP contribution in [0.3, 0.4) is 0 Å². The first-order valence-electron chi connectivity index (χ1n) is 5.59. The molecule has 0 bridgehead atoms. The normalized spacial score (nSPS) is 13.0. The molecule has 0 unspecified atom stereocenters. The third kappa shape index (κ3) is 3.37. The number of aromatic nitrogens is 3. The van der Waals surface area contributed by atoms with Crippen LogP contribution in [-0.4, -0.2) is 21.2 Å². The maximum Gasteiger partial charge on any atom is 0.416 e. The van der Waals surface area contributed by atoms with Gasteiger partial charge in [-0.15, -0.1) is 5.10 Å². The van der Waals surface area contributed by atoms with Gasteiger partial charge < -0.3 is 0 Å². The van der Waals surface area contributed by atoms with E-state index in [4.69, 9.17) is 23.2 Å². The number of benzene rings is 1. The Morgan fingerprint density at radius 1 is 1.00 bits per heavy atom. The monoisotopic (exact) mass is 381 g/mol. The summed E-state index contributed by atoms with van der Waals surface area (Å²) in [7, 11) is 0. The van der Waals surface area contributed by atoms with Crippen LogP contribution < -0.4 is 0 Å². The quantitative estimate of drug-likeness (QED) is 0.704. The molecule has 0 N–H and O–H groups in total. The van der Waals surface area contributed by atoms with Crippen LogP contribution in [0.5, 0.6) is 0 Å². The van der Waals surface area contributed by atoms with Crippen LogP contribution in [0.4, 0.5) is 30.7 Å². The number of halogens is 9. The fraction of sp³-hybridized carbons (Fsp3) is 0.273. The lowest BCUT2D eigenvalue weighted by molar-refractivity contribution is -0.140. The summed E-state index contributed by atoms with van der Waals surface area (Å²) >= 11 is 11.3. The molecule has 23 heavy (non-hydrogen) atoms. The largest absolute Gasteiger partial charge is 0.416 e. The van der Waals surface area contributed by atoms with Crippen molar-refractivity contribution >= 4 is 23.2 Å². The second-order valence-electron chi connectivity index (χ2n) is 4.22. The van der Waals surface area contributed by atoms with Gasteiger partial charge in [-0.2, -0.15) is 22.0 Å². The van der Waals surface area contributed by atoms with Gasteiger partial charge in [0.1, 0.15) is 12.0 Å². The number of nitrogens with zero attached hydrogens (tertiary/aromatic N) is 3. The molecule has 0 aliphatic rings. The zero-order chi connectivity index (χ0) is 17.6. The van der Waals surface area contributed by atoms with Crippen LogP contribution in [0.1, 0.15) is 11.4 Å². The van der Waals surface area contributed by atoms with E-state index in [9.17, 15) is 30.7 Å². The average molecular weight is 382 g/mol. The molecule has 0 spiro atoms. The molecule has 12 heteroatoms. The first kappa shape index (κ1) is 17.8. The summed E-state index contributed by atoms with van der Waals surface area (Å²) in [6, 6.07) is 0.991. The Kier molecular flexibility index (Phi) is 4.51. The van der Waals surface area contributed by atoms with Crippen molar-refractivity contribution in [3.8, 4) is 5.69 Å². The van der Waals surface area contributed by atoms with Gasteiger partial charge in [-0.05, 0) is 12.1 Å². The Hall–Kier alpha value is -1.55. The maximum absolute atomic E-state index is 13.1. The van der Waals surface area contributed by atoms with Crippen molar-refractivity contribution in [2.45, 2.75) is 18.5 Å². The van der Waals surface area contributed by atoms with Crippen molar-refractivity contribution in [1.82, 2.24) is 14.8 Å². The van der Waals surface area contributed by atoms with Crippen LogP contribution in [-0.2, 0) is 12.1 Å². The minimum absolute atomic E-state index is 0.398. The van der Waals surface area contributed by atoms with Gasteiger partial charge in [-0.25, -0.2) is 18.4 Å². The lowest BCUT2D eigenvalue weighted by atomic mass is 10.2. The second-order valence-corrected chi connectivity index (χ2v) is 5.04. The Bertz CT molecular complexity index is 704. The fourth-order valence-corrected chi connectivity index (χ4v) is 2.23. The molecular formula is C11H4Cl2F7N3. The minimum atomic E-state index is -4.73. The highest BCUT2D eigenvalue weighted by Gasteiger charge is 2.47. The van der Waals surface area contributed by atoms with E-state index in [1.807, 2.05) is 0 Å². The van der Waals surface area contributed by atoms with E-state index >= 15 is 0 Å². The van der Waals surface area contributed by atoms with E-state index in [1.54, 1.807) is 0 Å². The predicted molar refractivity (Wildman–Crippen MR) is 66.3 cm³/mol. The Labute approximate surface area is 133 Å². The lowest BCUT2D eigenvalue weighted by Gasteiger charge is -2.12. The summed E-state index contributed by atoms with van der Waals surface area (Å²) < 4.78 is 89.0. The molecule has 2 aromatic rings. The van der Waals surface area contributed by atoms with Crippen molar-refractivity contribution in [1.29, 1.82) is 0 Å². The topological polar surface area (TPSA) is 30.7 Å². The minimum Gasteiger partial charge on any atom is -0.218 e. The van der Waals surface area contributed by atoms with Gasteiger partial charge in [0.15, 0.2) is 0 Å². The van der Waals surface area contributed by atoms with Crippen LogP contribution in [0.15, 0.2) is 18.5 Å². The van der Waals surface area contributed by atoms with Crippen molar-refractivity contribution in [3.63, 3.8) is 0 Å². The van der Waals surface area contributed by atoms with Crippen LogP contribution in [0.2, 0.25) is 10.0 Å². The van der Waals surface area contributed by atoms with E-state index in [2.05, 4.69) is 10.1 Å². The van der Waals surface area contributed by atoms with Crippen molar-refractivity contribution in [3.05, 3.63) is 39.9 Å². The molecule has 0 saturated carbocycles. The summed E-state index contributed by atoms with van der Waals surface area (Å²) in [4.78, 5) is 3.02.